The van der Waals surface area contributed by atoms with E-state index in [1.165, 1.54) is 48.6 Å². The molecule has 4 aromatic rings. The van der Waals surface area contributed by atoms with Crippen LogP contribution in [0.1, 0.15) is 11.1 Å². The Morgan fingerprint density at radius 2 is 1.42 bits per heavy atom. The van der Waals surface area contributed by atoms with E-state index in [4.69, 9.17) is 0 Å². The van der Waals surface area contributed by atoms with E-state index in [2.05, 4.69) is 94.8 Å². The van der Waals surface area contributed by atoms with Crippen LogP contribution in [-0.2, 0) is 6.42 Å². The Kier molecular flexibility index (Phi) is 3.11. The second-order valence-electron chi connectivity index (χ2n) is 6.38. The van der Waals surface area contributed by atoms with Gasteiger partial charge in [0.25, 0.3) is 0 Å². The topological polar surface area (TPSA) is 0 Å². The van der Waals surface area contributed by atoms with E-state index in [0.717, 1.165) is 6.42 Å². The van der Waals surface area contributed by atoms with E-state index in [1.54, 1.807) is 0 Å². The van der Waals surface area contributed by atoms with Crippen LogP contribution in [0, 0.1) is 0 Å². The van der Waals surface area contributed by atoms with Gasteiger partial charge in [0, 0.05) is 4.47 Å². The largest absolute Gasteiger partial charge is 0.0616 e. The Labute approximate surface area is 149 Å². The first-order valence-corrected chi connectivity index (χ1v) is 8.99. The SMILES string of the molecule is Brc1cccc2c1Cc1cc(-c3ccc4ccccc4c3)ccc1-2. The standard InChI is InChI=1S/C23H15Br/c24-23-7-3-6-21-20-11-10-18(13-19(20)14-22(21)23)17-9-8-15-4-1-2-5-16(15)12-17/h1-13H,14H2. The predicted octanol–water partition coefficient (Wildman–Crippen LogP) is 6.84. The van der Waals surface area contributed by atoms with Crippen molar-refractivity contribution in [3.8, 4) is 22.3 Å². The van der Waals surface area contributed by atoms with Crippen LogP contribution < -0.4 is 0 Å². The molecule has 4 aromatic carbocycles. The summed E-state index contributed by atoms with van der Waals surface area (Å²) in [5, 5.41) is 2.58. The molecule has 5 rings (SSSR count). The Bertz CT molecular complexity index is 1090. The van der Waals surface area contributed by atoms with Crippen molar-refractivity contribution in [3.63, 3.8) is 0 Å². The molecule has 0 N–H and O–H groups in total. The lowest BCUT2D eigenvalue weighted by Gasteiger charge is -2.07. The van der Waals surface area contributed by atoms with Crippen molar-refractivity contribution in [2.75, 3.05) is 0 Å². The number of benzene rings is 4. The molecule has 0 fully saturated rings. The Morgan fingerprint density at radius 3 is 2.33 bits per heavy atom. The van der Waals surface area contributed by atoms with Crippen LogP contribution in [0.3, 0.4) is 0 Å². The van der Waals surface area contributed by atoms with Crippen LogP contribution in [0.2, 0.25) is 0 Å². The second-order valence-corrected chi connectivity index (χ2v) is 7.23. The first-order chi connectivity index (χ1) is 11.8. The minimum Gasteiger partial charge on any atom is -0.0616 e. The van der Waals surface area contributed by atoms with Crippen molar-refractivity contribution in [2.45, 2.75) is 6.42 Å². The average molecular weight is 371 g/mol. The maximum absolute atomic E-state index is 3.70. The van der Waals surface area contributed by atoms with E-state index in [1.807, 2.05) is 0 Å². The van der Waals surface area contributed by atoms with Gasteiger partial charge in [0.15, 0.2) is 0 Å². The summed E-state index contributed by atoms with van der Waals surface area (Å²) in [4.78, 5) is 0. The van der Waals surface area contributed by atoms with Crippen molar-refractivity contribution < 1.29 is 0 Å². The molecule has 0 saturated heterocycles. The summed E-state index contributed by atoms with van der Waals surface area (Å²) in [5.41, 5.74) is 8.14. The quantitative estimate of drug-likeness (QED) is 0.303. The van der Waals surface area contributed by atoms with Crippen LogP contribution in [0.15, 0.2) is 83.3 Å². The van der Waals surface area contributed by atoms with E-state index >= 15 is 0 Å². The number of halogens is 1. The summed E-state index contributed by atoms with van der Waals surface area (Å²) in [7, 11) is 0. The van der Waals surface area contributed by atoms with Gasteiger partial charge in [-0.1, -0.05) is 82.7 Å². The van der Waals surface area contributed by atoms with E-state index in [-0.39, 0.29) is 0 Å². The van der Waals surface area contributed by atoms with Gasteiger partial charge in [-0.2, -0.15) is 0 Å². The third-order valence-corrected chi connectivity index (χ3v) is 5.71. The molecule has 0 aromatic heterocycles. The second kappa shape index (κ2) is 5.32. The molecule has 1 aliphatic carbocycles. The summed E-state index contributed by atoms with van der Waals surface area (Å²) < 4.78 is 1.21. The molecule has 0 heterocycles. The lowest BCUT2D eigenvalue weighted by atomic mass is 9.97. The van der Waals surface area contributed by atoms with Gasteiger partial charge >= 0.3 is 0 Å². The Hall–Kier alpha value is -2.38. The van der Waals surface area contributed by atoms with Gasteiger partial charge in [0.1, 0.15) is 0 Å². The Balaban J connectivity index is 1.63. The van der Waals surface area contributed by atoms with Gasteiger partial charge < -0.3 is 0 Å². The molecule has 0 radical (unpaired) electrons. The maximum atomic E-state index is 3.70. The summed E-state index contributed by atoms with van der Waals surface area (Å²) in [6, 6.07) is 28.6. The van der Waals surface area contributed by atoms with Crippen molar-refractivity contribution in [1.82, 2.24) is 0 Å². The van der Waals surface area contributed by atoms with Crippen LogP contribution in [0.25, 0.3) is 33.0 Å². The van der Waals surface area contributed by atoms with Crippen LogP contribution >= 0.6 is 15.9 Å². The van der Waals surface area contributed by atoms with Gasteiger partial charge in [0.05, 0.1) is 0 Å². The smallest absolute Gasteiger partial charge is 0.0216 e. The maximum Gasteiger partial charge on any atom is 0.0216 e. The Morgan fingerprint density at radius 1 is 0.625 bits per heavy atom. The zero-order valence-electron chi connectivity index (χ0n) is 13.1. The van der Waals surface area contributed by atoms with Crippen molar-refractivity contribution >= 4 is 26.7 Å². The molecule has 0 saturated carbocycles. The first-order valence-electron chi connectivity index (χ1n) is 8.19. The van der Waals surface area contributed by atoms with E-state index in [0.29, 0.717) is 0 Å². The first kappa shape index (κ1) is 14.0. The van der Waals surface area contributed by atoms with Crippen LogP contribution in [-0.4, -0.2) is 0 Å². The minimum absolute atomic E-state index is 1.01. The zero-order chi connectivity index (χ0) is 16.1. The number of fused-ring (bicyclic) bond motifs is 4. The summed E-state index contributed by atoms with van der Waals surface area (Å²) in [6.07, 6.45) is 1.01. The molecule has 114 valence electrons. The lowest BCUT2D eigenvalue weighted by molar-refractivity contribution is 1.25. The third kappa shape index (κ3) is 2.12. The fourth-order valence-electron chi connectivity index (χ4n) is 3.73. The molecule has 0 amide bonds. The molecule has 1 aliphatic rings. The molecule has 0 nitrogen and oxygen atoms in total. The van der Waals surface area contributed by atoms with Gasteiger partial charge in [-0.3, -0.25) is 0 Å². The highest BCUT2D eigenvalue weighted by molar-refractivity contribution is 9.10. The molecule has 0 aliphatic heterocycles. The van der Waals surface area contributed by atoms with Gasteiger partial charge in [-0.25, -0.2) is 0 Å². The monoisotopic (exact) mass is 370 g/mol. The fraction of sp³-hybridized carbons (Fsp3) is 0.0435. The van der Waals surface area contributed by atoms with Gasteiger partial charge in [-0.15, -0.1) is 0 Å². The summed E-state index contributed by atoms with van der Waals surface area (Å²) >= 11 is 3.70. The molecule has 0 unspecified atom stereocenters. The van der Waals surface area contributed by atoms with E-state index < -0.39 is 0 Å². The highest BCUT2D eigenvalue weighted by Crippen LogP contribution is 2.41. The molecular formula is C23H15Br. The lowest BCUT2D eigenvalue weighted by Crippen LogP contribution is -1.84. The zero-order valence-corrected chi connectivity index (χ0v) is 14.7. The summed E-state index contributed by atoms with van der Waals surface area (Å²) in [6.45, 7) is 0. The molecular weight excluding hydrogens is 356 g/mol. The van der Waals surface area contributed by atoms with E-state index in [9.17, 15) is 0 Å². The van der Waals surface area contributed by atoms with Crippen molar-refractivity contribution in [2.24, 2.45) is 0 Å². The number of hydrogen-bond acceptors (Lipinski definition) is 0. The minimum atomic E-state index is 1.01. The van der Waals surface area contributed by atoms with Crippen molar-refractivity contribution in [3.05, 3.63) is 94.5 Å². The molecule has 0 spiro atoms. The molecule has 0 bridgehead atoms. The number of hydrogen-bond donors (Lipinski definition) is 0. The third-order valence-electron chi connectivity index (χ3n) is 4.96. The average Bonchev–Trinajstić information content (AvgIpc) is 3.01. The van der Waals surface area contributed by atoms with Crippen LogP contribution in [0.5, 0.6) is 0 Å². The van der Waals surface area contributed by atoms with Gasteiger partial charge in [0.2, 0.25) is 0 Å². The summed E-state index contributed by atoms with van der Waals surface area (Å²) in [5.74, 6) is 0. The fourth-order valence-corrected chi connectivity index (χ4v) is 4.24. The van der Waals surface area contributed by atoms with Crippen molar-refractivity contribution in [1.29, 1.82) is 0 Å². The predicted molar refractivity (Wildman–Crippen MR) is 105 cm³/mol. The molecule has 0 atom stereocenters. The molecule has 24 heavy (non-hydrogen) atoms. The number of rotatable bonds is 1. The molecule has 1 heteroatoms. The highest BCUT2D eigenvalue weighted by atomic mass is 79.9. The highest BCUT2D eigenvalue weighted by Gasteiger charge is 2.20. The normalized spacial score (nSPS) is 12.2. The van der Waals surface area contributed by atoms with Crippen LogP contribution in [0.4, 0.5) is 0 Å². The van der Waals surface area contributed by atoms with Gasteiger partial charge in [-0.05, 0) is 62.7 Å².